The van der Waals surface area contributed by atoms with Crippen molar-refractivity contribution < 1.29 is 4.79 Å². The van der Waals surface area contributed by atoms with Crippen LogP contribution in [-0.4, -0.2) is 26.4 Å². The molecule has 0 bridgehead atoms. The summed E-state index contributed by atoms with van der Waals surface area (Å²) in [5.41, 5.74) is 5.32. The summed E-state index contributed by atoms with van der Waals surface area (Å²) in [7, 11) is 0. The van der Waals surface area contributed by atoms with Crippen molar-refractivity contribution in [3.63, 3.8) is 0 Å². The van der Waals surface area contributed by atoms with E-state index in [1.807, 2.05) is 48.7 Å². The predicted octanol–water partition coefficient (Wildman–Crippen LogP) is 4.23. The van der Waals surface area contributed by atoms with Gasteiger partial charge in [0, 0.05) is 5.69 Å². The molecule has 6 heteroatoms. The molecule has 0 atom stereocenters. The van der Waals surface area contributed by atoms with Gasteiger partial charge < -0.3 is 5.32 Å². The van der Waals surface area contributed by atoms with Crippen LogP contribution in [0.25, 0.3) is 5.69 Å². The molecule has 0 aliphatic heterocycles. The van der Waals surface area contributed by atoms with Crippen molar-refractivity contribution in [1.29, 1.82) is 0 Å². The van der Waals surface area contributed by atoms with Crippen LogP contribution in [0.3, 0.4) is 0 Å². The monoisotopic (exact) mass is 366 g/mol. The molecule has 0 fully saturated rings. The van der Waals surface area contributed by atoms with Crippen LogP contribution in [0.15, 0.2) is 47.6 Å². The summed E-state index contributed by atoms with van der Waals surface area (Å²) in [5.74, 6) is 1.02. The fourth-order valence-electron chi connectivity index (χ4n) is 2.72. The third kappa shape index (κ3) is 3.80. The molecule has 26 heavy (non-hydrogen) atoms. The Morgan fingerprint density at radius 2 is 1.73 bits per heavy atom. The summed E-state index contributed by atoms with van der Waals surface area (Å²) in [6, 6.07) is 13.9. The number of anilines is 1. The van der Waals surface area contributed by atoms with Gasteiger partial charge >= 0.3 is 0 Å². The van der Waals surface area contributed by atoms with Crippen molar-refractivity contribution in [3.8, 4) is 5.69 Å². The summed E-state index contributed by atoms with van der Waals surface area (Å²) < 4.78 is 2.01. The van der Waals surface area contributed by atoms with Gasteiger partial charge in [0.15, 0.2) is 5.16 Å². The van der Waals surface area contributed by atoms with E-state index in [1.165, 1.54) is 22.9 Å². The molecule has 1 aromatic heterocycles. The Kier molecular flexibility index (Phi) is 5.42. The molecule has 1 N–H and O–H groups in total. The van der Waals surface area contributed by atoms with E-state index >= 15 is 0 Å². The molecule has 1 amide bonds. The molecule has 0 radical (unpaired) electrons. The number of nitrogens with one attached hydrogen (secondary N) is 1. The molecule has 134 valence electrons. The number of benzene rings is 2. The van der Waals surface area contributed by atoms with Crippen LogP contribution in [0.5, 0.6) is 0 Å². The zero-order valence-electron chi connectivity index (χ0n) is 15.4. The predicted molar refractivity (Wildman–Crippen MR) is 106 cm³/mol. The highest BCUT2D eigenvalue weighted by Crippen LogP contribution is 2.25. The van der Waals surface area contributed by atoms with E-state index in [4.69, 9.17) is 0 Å². The number of hydrogen-bond donors (Lipinski definition) is 1. The first-order chi connectivity index (χ1) is 12.5. The van der Waals surface area contributed by atoms with Gasteiger partial charge in [-0.05, 0) is 56.5 Å². The van der Waals surface area contributed by atoms with Gasteiger partial charge in [0.1, 0.15) is 5.82 Å². The number of aryl methyl sites for hydroxylation is 3. The number of nitrogens with zero attached hydrogens (tertiary/aromatic N) is 3. The third-order valence-electron chi connectivity index (χ3n) is 4.36. The van der Waals surface area contributed by atoms with E-state index in [1.54, 1.807) is 0 Å². The number of aromatic nitrogens is 3. The maximum atomic E-state index is 12.3. The largest absolute Gasteiger partial charge is 0.325 e. The summed E-state index contributed by atoms with van der Waals surface area (Å²) >= 11 is 1.39. The van der Waals surface area contributed by atoms with Crippen molar-refractivity contribution in [2.75, 3.05) is 11.1 Å². The number of rotatable bonds is 5. The highest BCUT2D eigenvalue weighted by molar-refractivity contribution is 7.99. The Labute approximate surface area is 157 Å². The molecule has 5 nitrogen and oxygen atoms in total. The molecule has 0 unspecified atom stereocenters. The van der Waals surface area contributed by atoms with Crippen LogP contribution in [-0.2, 0) is 4.79 Å². The maximum Gasteiger partial charge on any atom is 0.234 e. The van der Waals surface area contributed by atoms with Crippen LogP contribution in [0.2, 0.25) is 0 Å². The molecular weight excluding hydrogens is 344 g/mol. The van der Waals surface area contributed by atoms with Gasteiger partial charge in [-0.2, -0.15) is 0 Å². The van der Waals surface area contributed by atoms with Crippen LogP contribution in [0, 0.1) is 27.7 Å². The number of carbonyl (C=O) groups is 1. The van der Waals surface area contributed by atoms with Crippen molar-refractivity contribution >= 4 is 23.4 Å². The van der Waals surface area contributed by atoms with Crippen LogP contribution in [0.4, 0.5) is 5.69 Å². The van der Waals surface area contributed by atoms with Gasteiger partial charge in [0.2, 0.25) is 5.91 Å². The van der Waals surface area contributed by atoms with Gasteiger partial charge in [-0.1, -0.05) is 42.1 Å². The van der Waals surface area contributed by atoms with Crippen molar-refractivity contribution in [1.82, 2.24) is 14.8 Å². The number of hydrogen-bond acceptors (Lipinski definition) is 4. The lowest BCUT2D eigenvalue weighted by Gasteiger charge is -2.13. The van der Waals surface area contributed by atoms with Gasteiger partial charge in [0.25, 0.3) is 0 Å². The number of amides is 1. The van der Waals surface area contributed by atoms with E-state index in [0.29, 0.717) is 0 Å². The summed E-state index contributed by atoms with van der Waals surface area (Å²) in [5, 5.41) is 12.1. The summed E-state index contributed by atoms with van der Waals surface area (Å²) in [6.45, 7) is 8.07. The fourth-order valence-corrected chi connectivity index (χ4v) is 3.51. The second-order valence-electron chi connectivity index (χ2n) is 6.24. The van der Waals surface area contributed by atoms with E-state index in [0.717, 1.165) is 27.9 Å². The van der Waals surface area contributed by atoms with E-state index in [-0.39, 0.29) is 11.7 Å². The zero-order chi connectivity index (χ0) is 18.7. The van der Waals surface area contributed by atoms with Crippen molar-refractivity contribution in [2.24, 2.45) is 0 Å². The molecule has 3 rings (SSSR count). The van der Waals surface area contributed by atoms with E-state index < -0.39 is 0 Å². The first-order valence-corrected chi connectivity index (χ1v) is 9.43. The highest BCUT2D eigenvalue weighted by Gasteiger charge is 2.15. The van der Waals surface area contributed by atoms with Crippen molar-refractivity contribution in [3.05, 3.63) is 65.0 Å². The summed E-state index contributed by atoms with van der Waals surface area (Å²) in [4.78, 5) is 12.3. The Bertz CT molecular complexity index is 949. The minimum absolute atomic E-state index is 0.0579. The minimum Gasteiger partial charge on any atom is -0.325 e. The Balaban J connectivity index is 1.76. The zero-order valence-corrected chi connectivity index (χ0v) is 16.2. The first-order valence-electron chi connectivity index (χ1n) is 8.44. The second-order valence-corrected chi connectivity index (χ2v) is 7.18. The first kappa shape index (κ1) is 18.2. The number of para-hydroxylation sites is 1. The molecule has 0 saturated heterocycles. The van der Waals surface area contributed by atoms with E-state index in [9.17, 15) is 4.79 Å². The van der Waals surface area contributed by atoms with Crippen molar-refractivity contribution in [2.45, 2.75) is 32.9 Å². The minimum atomic E-state index is -0.0579. The molecule has 0 aliphatic rings. The average molecular weight is 366 g/mol. The molecule has 0 saturated carbocycles. The van der Waals surface area contributed by atoms with E-state index in [2.05, 4.69) is 41.5 Å². The van der Waals surface area contributed by atoms with Gasteiger partial charge in [-0.25, -0.2) is 0 Å². The standard InChI is InChI=1S/C20H22N4OS/c1-13-9-7-11-18(15(13)3)24-16(4)22-23-20(24)26-12-19(25)21-17-10-6-5-8-14(17)2/h5-11H,12H2,1-4H3,(H,21,25). The Morgan fingerprint density at radius 1 is 1.00 bits per heavy atom. The van der Waals surface area contributed by atoms with Gasteiger partial charge in [-0.3, -0.25) is 9.36 Å². The van der Waals surface area contributed by atoms with Crippen LogP contribution in [0.1, 0.15) is 22.5 Å². The molecule has 1 heterocycles. The topological polar surface area (TPSA) is 59.8 Å². The van der Waals surface area contributed by atoms with Gasteiger partial charge in [-0.15, -0.1) is 10.2 Å². The Morgan fingerprint density at radius 3 is 2.50 bits per heavy atom. The van der Waals surface area contributed by atoms with Crippen LogP contribution >= 0.6 is 11.8 Å². The average Bonchev–Trinajstić information content (AvgIpc) is 2.98. The fraction of sp³-hybridized carbons (Fsp3) is 0.250. The Hall–Kier alpha value is -2.60. The highest BCUT2D eigenvalue weighted by atomic mass is 32.2. The van der Waals surface area contributed by atoms with Gasteiger partial charge in [0.05, 0.1) is 11.4 Å². The molecule has 2 aromatic carbocycles. The smallest absolute Gasteiger partial charge is 0.234 e. The maximum absolute atomic E-state index is 12.3. The lowest BCUT2D eigenvalue weighted by atomic mass is 10.1. The number of thioether (sulfide) groups is 1. The molecule has 0 spiro atoms. The summed E-state index contributed by atoms with van der Waals surface area (Å²) in [6.07, 6.45) is 0. The van der Waals surface area contributed by atoms with Crippen LogP contribution < -0.4 is 5.32 Å². The SMILES string of the molecule is Cc1ccccc1NC(=O)CSc1nnc(C)n1-c1cccc(C)c1C. The third-order valence-corrected chi connectivity index (χ3v) is 5.29. The second kappa shape index (κ2) is 7.74. The normalized spacial score (nSPS) is 10.8. The lowest BCUT2D eigenvalue weighted by molar-refractivity contribution is -0.113. The molecular formula is C20H22N4OS. The quantitative estimate of drug-likeness (QED) is 0.687. The molecule has 3 aromatic rings. The molecule has 0 aliphatic carbocycles. The lowest BCUT2D eigenvalue weighted by Crippen LogP contribution is -2.15. The number of carbonyl (C=O) groups excluding carboxylic acids is 1.